The Bertz CT molecular complexity index is 394. The number of carbonyl (C=O) groups is 1. The highest BCUT2D eigenvalue weighted by Gasteiger charge is 2.17. The Labute approximate surface area is 113 Å². The van der Waals surface area contributed by atoms with Crippen molar-refractivity contribution in [3.63, 3.8) is 0 Å². The van der Waals surface area contributed by atoms with E-state index >= 15 is 0 Å². The van der Waals surface area contributed by atoms with Crippen LogP contribution >= 0.6 is 11.3 Å². The van der Waals surface area contributed by atoms with Gasteiger partial charge in [0.1, 0.15) is 10.7 Å². The fourth-order valence-electron chi connectivity index (χ4n) is 2.56. The van der Waals surface area contributed by atoms with E-state index in [1.165, 1.54) is 43.4 Å². The highest BCUT2D eigenvalue weighted by molar-refractivity contribution is 7.09. The van der Waals surface area contributed by atoms with Crippen LogP contribution < -0.4 is 5.73 Å². The van der Waals surface area contributed by atoms with Crippen LogP contribution in [0.15, 0.2) is 5.38 Å². The normalized spacial score (nSPS) is 18.8. The van der Waals surface area contributed by atoms with Crippen LogP contribution in [0.4, 0.5) is 0 Å². The van der Waals surface area contributed by atoms with Gasteiger partial charge in [-0.2, -0.15) is 0 Å². The molecule has 0 radical (unpaired) electrons. The Morgan fingerprint density at radius 2 is 2.22 bits per heavy atom. The number of hydrogen-bond donors (Lipinski definition) is 1. The molecule has 4 heteroatoms. The summed E-state index contributed by atoms with van der Waals surface area (Å²) in [6.07, 6.45) is 8.32. The van der Waals surface area contributed by atoms with Crippen molar-refractivity contribution in [2.24, 2.45) is 11.7 Å². The third-order valence-corrected chi connectivity index (χ3v) is 4.75. The summed E-state index contributed by atoms with van der Waals surface area (Å²) < 4.78 is 0. The third kappa shape index (κ3) is 3.62. The zero-order valence-corrected chi connectivity index (χ0v) is 11.8. The molecule has 0 spiro atoms. The molecule has 18 heavy (non-hydrogen) atoms. The van der Waals surface area contributed by atoms with E-state index < -0.39 is 0 Å². The van der Waals surface area contributed by atoms with E-state index in [1.807, 2.05) is 12.3 Å². The highest BCUT2D eigenvalue weighted by atomic mass is 32.1. The lowest BCUT2D eigenvalue weighted by Crippen LogP contribution is -2.10. The molecule has 1 unspecified atom stereocenters. The molecule has 0 bridgehead atoms. The number of ketones is 1. The van der Waals surface area contributed by atoms with Gasteiger partial charge in [-0.05, 0) is 19.3 Å². The molecule has 1 aliphatic carbocycles. The van der Waals surface area contributed by atoms with Crippen LogP contribution in [-0.4, -0.2) is 10.8 Å². The predicted molar refractivity (Wildman–Crippen MR) is 74.9 cm³/mol. The molecule has 1 atom stereocenters. The molecular weight excluding hydrogens is 244 g/mol. The maximum atomic E-state index is 12.0. The van der Waals surface area contributed by atoms with Crippen LogP contribution in [0.5, 0.6) is 0 Å². The van der Waals surface area contributed by atoms with Crippen molar-refractivity contribution >= 4 is 17.1 Å². The maximum Gasteiger partial charge on any atom is 0.182 e. The number of thiazole rings is 1. The molecule has 100 valence electrons. The maximum absolute atomic E-state index is 12.0. The third-order valence-electron chi connectivity index (χ3n) is 3.70. The van der Waals surface area contributed by atoms with Gasteiger partial charge in [0.2, 0.25) is 0 Å². The molecule has 1 aliphatic rings. The topological polar surface area (TPSA) is 56.0 Å². The molecule has 0 amide bonds. The van der Waals surface area contributed by atoms with Crippen molar-refractivity contribution in [1.82, 2.24) is 4.98 Å². The van der Waals surface area contributed by atoms with Gasteiger partial charge >= 0.3 is 0 Å². The zero-order chi connectivity index (χ0) is 13.0. The van der Waals surface area contributed by atoms with Gasteiger partial charge in [0.15, 0.2) is 5.78 Å². The standard InChI is InChI=1S/C14H22N2OS/c1-10(15)14-16-12(9-18-14)13(17)8-7-11-5-3-2-4-6-11/h9-11H,2-8,15H2,1H3. The van der Waals surface area contributed by atoms with Crippen molar-refractivity contribution in [2.45, 2.75) is 57.9 Å². The lowest BCUT2D eigenvalue weighted by molar-refractivity contribution is 0.0966. The second-order valence-corrected chi connectivity index (χ2v) is 6.22. The molecule has 1 aromatic rings. The Morgan fingerprint density at radius 3 is 2.83 bits per heavy atom. The Kier molecular flexibility index (Phi) is 4.89. The molecule has 1 fully saturated rings. The molecule has 1 aromatic heterocycles. The first-order valence-electron chi connectivity index (χ1n) is 6.91. The molecule has 0 saturated heterocycles. The smallest absolute Gasteiger partial charge is 0.182 e. The number of nitrogens with two attached hydrogens (primary N) is 1. The van der Waals surface area contributed by atoms with Gasteiger partial charge < -0.3 is 5.73 Å². The van der Waals surface area contributed by atoms with E-state index in [9.17, 15) is 4.79 Å². The minimum absolute atomic E-state index is 0.0742. The average Bonchev–Trinajstić information content (AvgIpc) is 2.87. The Morgan fingerprint density at radius 1 is 1.50 bits per heavy atom. The number of aromatic nitrogens is 1. The molecule has 2 rings (SSSR count). The SMILES string of the molecule is CC(N)c1nc(C(=O)CCC2CCCCC2)cs1. The van der Waals surface area contributed by atoms with Crippen molar-refractivity contribution < 1.29 is 4.79 Å². The van der Waals surface area contributed by atoms with Gasteiger partial charge in [-0.25, -0.2) is 4.98 Å². The molecular formula is C14H22N2OS. The molecule has 3 nitrogen and oxygen atoms in total. The van der Waals surface area contributed by atoms with Crippen molar-refractivity contribution in [3.8, 4) is 0 Å². The Hall–Kier alpha value is -0.740. The minimum Gasteiger partial charge on any atom is -0.322 e. The van der Waals surface area contributed by atoms with Crippen LogP contribution in [0.2, 0.25) is 0 Å². The first-order valence-corrected chi connectivity index (χ1v) is 7.79. The average molecular weight is 266 g/mol. The summed E-state index contributed by atoms with van der Waals surface area (Å²) in [5.74, 6) is 0.943. The van der Waals surface area contributed by atoms with Crippen molar-refractivity contribution in [2.75, 3.05) is 0 Å². The quantitative estimate of drug-likeness (QED) is 0.827. The summed E-state index contributed by atoms with van der Waals surface area (Å²) in [7, 11) is 0. The summed E-state index contributed by atoms with van der Waals surface area (Å²) in [5.41, 5.74) is 6.37. The predicted octanol–water partition coefficient (Wildman–Crippen LogP) is 3.71. The zero-order valence-electron chi connectivity index (χ0n) is 11.0. The first kappa shape index (κ1) is 13.7. The molecule has 1 saturated carbocycles. The van der Waals surface area contributed by atoms with Gasteiger partial charge in [-0.1, -0.05) is 32.1 Å². The van der Waals surface area contributed by atoms with Crippen LogP contribution in [0.1, 0.15) is 73.4 Å². The second kappa shape index (κ2) is 6.43. The molecule has 1 heterocycles. The van der Waals surface area contributed by atoms with Crippen molar-refractivity contribution in [1.29, 1.82) is 0 Å². The number of nitrogens with zero attached hydrogens (tertiary/aromatic N) is 1. The van der Waals surface area contributed by atoms with Crippen LogP contribution in [0.25, 0.3) is 0 Å². The van der Waals surface area contributed by atoms with E-state index in [0.29, 0.717) is 12.1 Å². The van der Waals surface area contributed by atoms with Crippen LogP contribution in [0.3, 0.4) is 0 Å². The highest BCUT2D eigenvalue weighted by Crippen LogP contribution is 2.28. The number of carbonyl (C=O) groups excluding carboxylic acids is 1. The Balaban J connectivity index is 1.83. The van der Waals surface area contributed by atoms with E-state index in [2.05, 4.69) is 4.98 Å². The lowest BCUT2D eigenvalue weighted by Gasteiger charge is -2.20. The largest absolute Gasteiger partial charge is 0.322 e. The van der Waals surface area contributed by atoms with E-state index in [1.54, 1.807) is 0 Å². The van der Waals surface area contributed by atoms with Gasteiger partial charge in [0.05, 0.1) is 6.04 Å². The summed E-state index contributed by atoms with van der Waals surface area (Å²) in [6.45, 7) is 1.90. The van der Waals surface area contributed by atoms with E-state index in [4.69, 9.17) is 5.73 Å². The fraction of sp³-hybridized carbons (Fsp3) is 0.714. The summed E-state index contributed by atoms with van der Waals surface area (Å²) in [4.78, 5) is 16.3. The number of hydrogen-bond acceptors (Lipinski definition) is 4. The van der Waals surface area contributed by atoms with E-state index in [-0.39, 0.29) is 11.8 Å². The summed E-state index contributed by atoms with van der Waals surface area (Å²) in [6, 6.07) is -0.0742. The molecule has 0 aromatic carbocycles. The summed E-state index contributed by atoms with van der Waals surface area (Å²) in [5, 5.41) is 2.71. The van der Waals surface area contributed by atoms with E-state index in [0.717, 1.165) is 17.3 Å². The minimum atomic E-state index is -0.0742. The van der Waals surface area contributed by atoms with Gasteiger partial charge in [0.25, 0.3) is 0 Å². The molecule has 2 N–H and O–H groups in total. The number of Topliss-reactive ketones (excluding diaryl/α,β-unsaturated/α-hetero) is 1. The second-order valence-electron chi connectivity index (χ2n) is 5.33. The number of rotatable bonds is 5. The monoisotopic (exact) mass is 266 g/mol. The lowest BCUT2D eigenvalue weighted by atomic mass is 9.85. The van der Waals surface area contributed by atoms with Crippen LogP contribution in [-0.2, 0) is 0 Å². The molecule has 0 aliphatic heterocycles. The van der Waals surface area contributed by atoms with Gasteiger partial charge in [0, 0.05) is 11.8 Å². The van der Waals surface area contributed by atoms with Crippen molar-refractivity contribution in [3.05, 3.63) is 16.1 Å². The first-order chi connectivity index (χ1) is 8.66. The van der Waals surface area contributed by atoms with Gasteiger partial charge in [-0.15, -0.1) is 11.3 Å². The van der Waals surface area contributed by atoms with Gasteiger partial charge in [-0.3, -0.25) is 4.79 Å². The summed E-state index contributed by atoms with van der Waals surface area (Å²) >= 11 is 1.49. The van der Waals surface area contributed by atoms with Crippen LogP contribution in [0, 0.1) is 5.92 Å². The fourth-order valence-corrected chi connectivity index (χ4v) is 3.35.